The van der Waals surface area contributed by atoms with E-state index in [4.69, 9.17) is 21.1 Å². The average Bonchev–Trinajstić information content (AvgIpc) is 3.43. The minimum Gasteiger partial charge on any atom is -0.480 e. The molecule has 0 aliphatic carbocycles. The summed E-state index contributed by atoms with van der Waals surface area (Å²) in [6, 6.07) is 29.7. The van der Waals surface area contributed by atoms with E-state index in [1.165, 1.54) is 10.6 Å². The zero-order chi connectivity index (χ0) is 35.3. The second-order valence-corrected chi connectivity index (χ2v) is 14.1. The van der Waals surface area contributed by atoms with E-state index < -0.39 is 12.2 Å². The standard InChI is InChI=1S/C41H46ClN3O4/c1-8-34(49-35-25-18-28(40(4,5)9-2)26-33(35)41(6,7)10-3)38(46)43-30-21-23-31(24-22-30)45-39(47)37(48-32-14-12-11-13-15-32)36(44-45)27-16-19-29(42)20-17-27/h11-26,34,37H,8-10H2,1-7H3,(H,43,46). The molecule has 0 saturated carbocycles. The number of nitrogens with zero attached hydrogens (tertiary/aromatic N) is 2. The molecule has 1 N–H and O–H groups in total. The predicted molar refractivity (Wildman–Crippen MR) is 199 cm³/mol. The third kappa shape index (κ3) is 8.00. The SMILES string of the molecule is CCC(Oc1ccc(C(C)(C)CC)cc1C(C)(C)CC)C(=O)Nc1ccc(N2N=C(c3ccc(Cl)cc3)C(Oc3ccccc3)C2=O)cc1. The highest BCUT2D eigenvalue weighted by Crippen LogP contribution is 2.39. The number of halogens is 1. The molecular formula is C41H46ClN3O4. The maximum Gasteiger partial charge on any atom is 0.294 e. The van der Waals surface area contributed by atoms with Crippen molar-refractivity contribution >= 4 is 40.5 Å². The van der Waals surface area contributed by atoms with E-state index in [2.05, 4.69) is 64.1 Å². The number of nitrogens with one attached hydrogen (secondary N) is 1. The van der Waals surface area contributed by atoms with Gasteiger partial charge in [0, 0.05) is 21.8 Å². The molecule has 256 valence electrons. The van der Waals surface area contributed by atoms with Crippen LogP contribution in [0.15, 0.2) is 102 Å². The maximum absolute atomic E-state index is 13.7. The van der Waals surface area contributed by atoms with E-state index in [0.29, 0.717) is 34.3 Å². The van der Waals surface area contributed by atoms with Crippen molar-refractivity contribution in [1.82, 2.24) is 0 Å². The maximum atomic E-state index is 13.7. The van der Waals surface area contributed by atoms with Crippen LogP contribution in [0, 0.1) is 0 Å². The Hall–Kier alpha value is -4.62. The molecule has 5 rings (SSSR count). The topological polar surface area (TPSA) is 80.2 Å². The van der Waals surface area contributed by atoms with Gasteiger partial charge in [-0.25, -0.2) is 0 Å². The molecular weight excluding hydrogens is 634 g/mol. The van der Waals surface area contributed by atoms with Crippen LogP contribution in [0.25, 0.3) is 0 Å². The molecule has 0 spiro atoms. The molecule has 1 heterocycles. The van der Waals surface area contributed by atoms with Crippen molar-refractivity contribution in [3.05, 3.63) is 119 Å². The minimum atomic E-state index is -0.949. The highest BCUT2D eigenvalue weighted by molar-refractivity contribution is 6.31. The molecule has 2 unspecified atom stereocenters. The lowest BCUT2D eigenvalue weighted by Gasteiger charge is -2.31. The molecule has 49 heavy (non-hydrogen) atoms. The van der Waals surface area contributed by atoms with Crippen molar-refractivity contribution in [3.8, 4) is 11.5 Å². The first-order chi connectivity index (χ1) is 23.4. The lowest BCUT2D eigenvalue weighted by atomic mass is 9.76. The second kappa shape index (κ2) is 14.9. The van der Waals surface area contributed by atoms with Gasteiger partial charge in [-0.05, 0) is 90.3 Å². The molecule has 4 aromatic rings. The molecule has 1 aliphatic rings. The van der Waals surface area contributed by atoms with Crippen LogP contribution in [0.1, 0.15) is 84.4 Å². The van der Waals surface area contributed by atoms with Gasteiger partial charge in [0.25, 0.3) is 11.8 Å². The van der Waals surface area contributed by atoms with Crippen LogP contribution in [0.4, 0.5) is 11.4 Å². The van der Waals surface area contributed by atoms with Crippen LogP contribution in [-0.4, -0.2) is 29.7 Å². The van der Waals surface area contributed by atoms with Gasteiger partial charge < -0.3 is 14.8 Å². The van der Waals surface area contributed by atoms with Gasteiger partial charge in [0.05, 0.1) is 5.69 Å². The summed E-state index contributed by atoms with van der Waals surface area (Å²) in [5.74, 6) is 0.713. The number of ether oxygens (including phenoxy) is 2. The molecule has 0 aromatic heterocycles. The van der Waals surface area contributed by atoms with Gasteiger partial charge >= 0.3 is 0 Å². The van der Waals surface area contributed by atoms with Crippen molar-refractivity contribution in [1.29, 1.82) is 0 Å². The van der Waals surface area contributed by atoms with E-state index in [1.54, 1.807) is 48.5 Å². The van der Waals surface area contributed by atoms with Crippen molar-refractivity contribution in [3.63, 3.8) is 0 Å². The van der Waals surface area contributed by atoms with Gasteiger partial charge in [-0.3, -0.25) is 9.59 Å². The Balaban J connectivity index is 1.34. The average molecular weight is 680 g/mol. The number of hydrazone groups is 1. The summed E-state index contributed by atoms with van der Waals surface area (Å²) >= 11 is 6.13. The summed E-state index contributed by atoms with van der Waals surface area (Å²) < 4.78 is 12.6. The third-order valence-corrected chi connectivity index (χ3v) is 9.85. The third-order valence-electron chi connectivity index (χ3n) is 9.60. The summed E-state index contributed by atoms with van der Waals surface area (Å²) in [5, 5.41) is 9.60. The lowest BCUT2D eigenvalue weighted by Crippen LogP contribution is -2.37. The van der Waals surface area contributed by atoms with Gasteiger partial charge in [-0.1, -0.05) is 103 Å². The summed E-state index contributed by atoms with van der Waals surface area (Å²) in [5.41, 5.74) is 4.58. The summed E-state index contributed by atoms with van der Waals surface area (Å²) in [7, 11) is 0. The fraction of sp³-hybridized carbons (Fsp3) is 0.341. The first-order valence-electron chi connectivity index (χ1n) is 17.0. The number of hydrogen-bond acceptors (Lipinski definition) is 5. The smallest absolute Gasteiger partial charge is 0.294 e. The number of para-hydroxylation sites is 1. The number of benzene rings is 4. The number of carbonyl (C=O) groups is 2. The van der Waals surface area contributed by atoms with Crippen LogP contribution in [0.2, 0.25) is 5.02 Å². The molecule has 2 amide bonds. The Morgan fingerprint density at radius 3 is 2.14 bits per heavy atom. The zero-order valence-corrected chi connectivity index (χ0v) is 30.2. The highest BCUT2D eigenvalue weighted by Gasteiger charge is 2.39. The van der Waals surface area contributed by atoms with Crippen LogP contribution < -0.4 is 19.8 Å². The molecule has 0 bridgehead atoms. The van der Waals surface area contributed by atoms with Gasteiger partial charge in [0.1, 0.15) is 17.2 Å². The summed E-state index contributed by atoms with van der Waals surface area (Å²) in [6.07, 6.45) is 0.792. The molecule has 8 heteroatoms. The summed E-state index contributed by atoms with van der Waals surface area (Å²) in [6.45, 7) is 15.2. The number of carbonyl (C=O) groups excluding carboxylic acids is 2. The van der Waals surface area contributed by atoms with Gasteiger partial charge in [-0.2, -0.15) is 10.1 Å². The Labute approximate surface area is 295 Å². The fourth-order valence-electron chi connectivity index (χ4n) is 5.55. The first kappa shape index (κ1) is 35.7. The molecule has 1 aliphatic heterocycles. The Morgan fingerprint density at radius 2 is 1.53 bits per heavy atom. The molecule has 2 atom stereocenters. The molecule has 7 nitrogen and oxygen atoms in total. The van der Waals surface area contributed by atoms with E-state index >= 15 is 0 Å². The number of hydrogen-bond donors (Lipinski definition) is 1. The zero-order valence-electron chi connectivity index (χ0n) is 29.4. The summed E-state index contributed by atoms with van der Waals surface area (Å²) in [4.78, 5) is 27.2. The lowest BCUT2D eigenvalue weighted by molar-refractivity contribution is -0.123. The Kier molecular flexibility index (Phi) is 10.8. The molecule has 0 saturated heterocycles. The van der Waals surface area contributed by atoms with Crippen molar-refractivity contribution in [2.75, 3.05) is 10.3 Å². The highest BCUT2D eigenvalue weighted by atomic mass is 35.5. The van der Waals surface area contributed by atoms with E-state index in [0.717, 1.165) is 29.7 Å². The van der Waals surface area contributed by atoms with Crippen molar-refractivity contribution in [2.24, 2.45) is 5.10 Å². The number of amides is 2. The van der Waals surface area contributed by atoms with Gasteiger partial charge in [0.2, 0.25) is 6.10 Å². The monoisotopic (exact) mass is 679 g/mol. The van der Waals surface area contributed by atoms with Crippen LogP contribution in [0.3, 0.4) is 0 Å². The first-order valence-corrected chi connectivity index (χ1v) is 17.4. The van der Waals surface area contributed by atoms with Crippen molar-refractivity contribution < 1.29 is 19.1 Å². The normalized spacial score (nSPS) is 15.5. The van der Waals surface area contributed by atoms with Crippen LogP contribution in [-0.2, 0) is 20.4 Å². The van der Waals surface area contributed by atoms with Gasteiger partial charge in [0.15, 0.2) is 6.10 Å². The van der Waals surface area contributed by atoms with Crippen LogP contribution in [0.5, 0.6) is 11.5 Å². The minimum absolute atomic E-state index is 0.0308. The quantitative estimate of drug-likeness (QED) is 0.153. The van der Waals surface area contributed by atoms with E-state index in [-0.39, 0.29) is 22.6 Å². The molecule has 0 radical (unpaired) electrons. The van der Waals surface area contributed by atoms with E-state index in [9.17, 15) is 9.59 Å². The fourth-order valence-corrected chi connectivity index (χ4v) is 5.68. The Morgan fingerprint density at radius 1 is 0.878 bits per heavy atom. The largest absolute Gasteiger partial charge is 0.480 e. The van der Waals surface area contributed by atoms with Gasteiger partial charge in [-0.15, -0.1) is 0 Å². The molecule has 0 fully saturated rings. The van der Waals surface area contributed by atoms with Crippen LogP contribution >= 0.6 is 11.6 Å². The molecule has 4 aromatic carbocycles. The second-order valence-electron chi connectivity index (χ2n) is 13.7. The number of rotatable bonds is 13. The number of anilines is 2. The Bertz CT molecular complexity index is 1800. The van der Waals surface area contributed by atoms with E-state index in [1.807, 2.05) is 43.3 Å². The predicted octanol–water partition coefficient (Wildman–Crippen LogP) is 9.71. The van der Waals surface area contributed by atoms with Crippen molar-refractivity contribution in [2.45, 2.75) is 90.8 Å².